The van der Waals surface area contributed by atoms with Crippen LogP contribution in [0.5, 0.6) is 0 Å². The largest absolute Gasteiger partial charge is 0.309 e. The zero-order valence-electron chi connectivity index (χ0n) is 14.4. The van der Waals surface area contributed by atoms with E-state index in [1.165, 1.54) is 10.9 Å². The highest BCUT2D eigenvalue weighted by Crippen LogP contribution is 2.15. The van der Waals surface area contributed by atoms with Crippen LogP contribution in [0.15, 0.2) is 17.3 Å². The maximum absolute atomic E-state index is 12.7. The molecule has 0 spiro atoms. The fourth-order valence-electron chi connectivity index (χ4n) is 2.16. The van der Waals surface area contributed by atoms with Gasteiger partial charge in [-0.05, 0) is 54.1 Å². The lowest BCUT2D eigenvalue weighted by Gasteiger charge is -2.23. The minimum absolute atomic E-state index is 0.268. The van der Waals surface area contributed by atoms with Crippen molar-refractivity contribution < 1.29 is 8.42 Å². The molecule has 0 fully saturated rings. The number of aromatic nitrogens is 2. The first-order valence-corrected chi connectivity index (χ1v) is 8.95. The van der Waals surface area contributed by atoms with E-state index >= 15 is 0 Å². The Kier molecular flexibility index (Phi) is 7.47. The molecule has 1 aromatic rings. The number of sulfonamides is 1. The van der Waals surface area contributed by atoms with Crippen molar-refractivity contribution in [2.45, 2.75) is 17.7 Å². The fraction of sp³-hybridized carbons (Fsp3) is 0.786. The Hall–Kier alpha value is -0.960. The van der Waals surface area contributed by atoms with Gasteiger partial charge in [0.1, 0.15) is 4.90 Å². The monoisotopic (exact) mass is 331 g/mol. The topological polar surface area (TPSA) is 61.7 Å². The molecule has 22 heavy (non-hydrogen) atoms. The van der Waals surface area contributed by atoms with Crippen molar-refractivity contribution in [2.75, 3.05) is 54.4 Å². The van der Waals surface area contributed by atoms with Gasteiger partial charge in [0, 0.05) is 26.3 Å². The first-order chi connectivity index (χ1) is 10.2. The predicted molar refractivity (Wildman–Crippen MR) is 88.3 cm³/mol. The van der Waals surface area contributed by atoms with E-state index in [9.17, 15) is 8.42 Å². The molecule has 0 atom stereocenters. The van der Waals surface area contributed by atoms with Gasteiger partial charge in [-0.3, -0.25) is 4.68 Å². The average Bonchev–Trinajstić information content (AvgIpc) is 2.83. The van der Waals surface area contributed by atoms with Gasteiger partial charge >= 0.3 is 0 Å². The lowest BCUT2D eigenvalue weighted by Crippen LogP contribution is -2.35. The van der Waals surface area contributed by atoms with Crippen molar-refractivity contribution in [3.63, 3.8) is 0 Å². The zero-order valence-corrected chi connectivity index (χ0v) is 15.2. The van der Waals surface area contributed by atoms with Crippen LogP contribution in [-0.2, 0) is 17.1 Å². The number of hydrogen-bond donors (Lipinski definition) is 0. The molecule has 0 saturated heterocycles. The number of hydrogen-bond acceptors (Lipinski definition) is 5. The number of rotatable bonds is 10. The van der Waals surface area contributed by atoms with Gasteiger partial charge < -0.3 is 9.80 Å². The predicted octanol–water partition coefficient (Wildman–Crippen LogP) is 0.314. The molecule has 1 heterocycles. The lowest BCUT2D eigenvalue weighted by atomic mass is 10.3. The van der Waals surface area contributed by atoms with Gasteiger partial charge in [-0.25, -0.2) is 8.42 Å². The quantitative estimate of drug-likeness (QED) is 0.618. The highest BCUT2D eigenvalue weighted by Gasteiger charge is 2.25. The maximum Gasteiger partial charge on any atom is 0.246 e. The summed E-state index contributed by atoms with van der Waals surface area (Å²) >= 11 is 0. The molecule has 0 amide bonds. The zero-order chi connectivity index (χ0) is 16.8. The van der Waals surface area contributed by atoms with Crippen LogP contribution in [0, 0.1) is 0 Å². The summed E-state index contributed by atoms with van der Waals surface area (Å²) in [5.41, 5.74) is 0. The Balaban J connectivity index is 2.78. The Morgan fingerprint density at radius 1 is 1.00 bits per heavy atom. The molecule has 0 bridgehead atoms. The van der Waals surface area contributed by atoms with Gasteiger partial charge in [-0.15, -0.1) is 0 Å². The molecular formula is C14H29N5O2S. The standard InChI is InChI=1S/C14H29N5O2S/c1-16(2)8-6-10-19(11-7-9-17(3)4)22(20,21)14-12-15-18(5)13-14/h12-13H,6-11H2,1-5H3. The minimum Gasteiger partial charge on any atom is -0.309 e. The summed E-state index contributed by atoms with van der Waals surface area (Å²) in [5.74, 6) is 0. The highest BCUT2D eigenvalue weighted by molar-refractivity contribution is 7.89. The Morgan fingerprint density at radius 3 is 1.86 bits per heavy atom. The summed E-state index contributed by atoms with van der Waals surface area (Å²) in [4.78, 5) is 4.40. The third-order valence-corrected chi connectivity index (χ3v) is 5.20. The van der Waals surface area contributed by atoms with Crippen molar-refractivity contribution >= 4 is 10.0 Å². The third kappa shape index (κ3) is 6.04. The van der Waals surface area contributed by atoms with Crippen LogP contribution in [0.2, 0.25) is 0 Å². The summed E-state index contributed by atoms with van der Waals surface area (Å²) < 4.78 is 28.6. The molecule has 7 nitrogen and oxygen atoms in total. The normalized spacial score (nSPS) is 12.7. The second-order valence-corrected chi connectivity index (χ2v) is 8.01. The van der Waals surface area contributed by atoms with Gasteiger partial charge in [0.05, 0.1) is 6.20 Å². The van der Waals surface area contributed by atoms with Crippen molar-refractivity contribution in [2.24, 2.45) is 7.05 Å². The third-order valence-electron chi connectivity index (χ3n) is 3.34. The van der Waals surface area contributed by atoms with Crippen LogP contribution < -0.4 is 0 Å². The van der Waals surface area contributed by atoms with Crippen molar-refractivity contribution in [1.29, 1.82) is 0 Å². The van der Waals surface area contributed by atoms with E-state index in [4.69, 9.17) is 0 Å². The van der Waals surface area contributed by atoms with Crippen LogP contribution in [-0.4, -0.2) is 86.7 Å². The average molecular weight is 331 g/mol. The van der Waals surface area contributed by atoms with Crippen molar-refractivity contribution in [1.82, 2.24) is 23.9 Å². The number of aryl methyl sites for hydroxylation is 1. The van der Waals surface area contributed by atoms with E-state index in [1.54, 1.807) is 17.5 Å². The fourth-order valence-corrected chi connectivity index (χ4v) is 3.66. The van der Waals surface area contributed by atoms with E-state index in [2.05, 4.69) is 14.9 Å². The summed E-state index contributed by atoms with van der Waals surface area (Å²) in [7, 11) is 6.23. The molecule has 0 N–H and O–H groups in total. The first-order valence-electron chi connectivity index (χ1n) is 7.51. The maximum atomic E-state index is 12.7. The van der Waals surface area contributed by atoms with Gasteiger partial charge in [0.2, 0.25) is 10.0 Å². The molecule has 0 radical (unpaired) electrons. The molecule has 0 aliphatic heterocycles. The van der Waals surface area contributed by atoms with Crippen LogP contribution in [0.3, 0.4) is 0 Å². The molecule has 0 unspecified atom stereocenters. The molecule has 0 aliphatic rings. The Morgan fingerprint density at radius 2 is 1.50 bits per heavy atom. The van der Waals surface area contributed by atoms with E-state index in [0.29, 0.717) is 13.1 Å². The van der Waals surface area contributed by atoms with Crippen LogP contribution in [0.25, 0.3) is 0 Å². The lowest BCUT2D eigenvalue weighted by molar-refractivity contribution is 0.326. The Bertz CT molecular complexity index is 525. The second kappa shape index (κ2) is 8.61. The summed E-state index contributed by atoms with van der Waals surface area (Å²) in [6, 6.07) is 0. The van der Waals surface area contributed by atoms with Crippen molar-refractivity contribution in [3.8, 4) is 0 Å². The van der Waals surface area contributed by atoms with Gasteiger partial charge in [0.25, 0.3) is 0 Å². The van der Waals surface area contributed by atoms with E-state index in [-0.39, 0.29) is 4.90 Å². The molecular weight excluding hydrogens is 302 g/mol. The van der Waals surface area contributed by atoms with E-state index in [0.717, 1.165) is 25.9 Å². The molecule has 0 aliphatic carbocycles. The van der Waals surface area contributed by atoms with E-state index in [1.807, 2.05) is 28.2 Å². The summed E-state index contributed by atoms with van der Waals surface area (Å²) in [6.07, 6.45) is 4.60. The minimum atomic E-state index is -3.46. The molecule has 0 saturated carbocycles. The Labute approximate surface area is 134 Å². The van der Waals surface area contributed by atoms with Crippen LogP contribution >= 0.6 is 0 Å². The van der Waals surface area contributed by atoms with Crippen molar-refractivity contribution in [3.05, 3.63) is 12.4 Å². The van der Waals surface area contributed by atoms with Gasteiger partial charge in [0.15, 0.2) is 0 Å². The molecule has 1 rings (SSSR count). The van der Waals surface area contributed by atoms with Gasteiger partial charge in [-0.1, -0.05) is 0 Å². The smallest absolute Gasteiger partial charge is 0.246 e. The number of nitrogens with zero attached hydrogens (tertiary/aromatic N) is 5. The summed E-state index contributed by atoms with van der Waals surface area (Å²) in [5, 5.41) is 3.98. The second-order valence-electron chi connectivity index (χ2n) is 6.07. The van der Waals surface area contributed by atoms with Crippen LogP contribution in [0.4, 0.5) is 0 Å². The summed E-state index contributed by atoms with van der Waals surface area (Å²) in [6.45, 7) is 2.80. The molecule has 128 valence electrons. The molecule has 1 aromatic heterocycles. The van der Waals surface area contributed by atoms with E-state index < -0.39 is 10.0 Å². The van der Waals surface area contributed by atoms with Crippen LogP contribution in [0.1, 0.15) is 12.8 Å². The first kappa shape index (κ1) is 19.1. The molecule has 8 heteroatoms. The molecule has 0 aromatic carbocycles. The SMILES string of the molecule is CN(C)CCCN(CCCN(C)C)S(=O)(=O)c1cnn(C)c1. The highest BCUT2D eigenvalue weighted by atomic mass is 32.2. The van der Waals surface area contributed by atoms with Gasteiger partial charge in [-0.2, -0.15) is 9.40 Å².